The van der Waals surface area contributed by atoms with Gasteiger partial charge in [-0.05, 0) is 62.2 Å². The van der Waals surface area contributed by atoms with E-state index in [-0.39, 0.29) is 11.8 Å². The number of hydrogen-bond donors (Lipinski definition) is 1. The third-order valence-corrected chi connectivity index (χ3v) is 5.74. The Morgan fingerprint density at radius 2 is 1.69 bits per heavy atom. The molecule has 0 spiro atoms. The molecule has 1 aliphatic heterocycles. The van der Waals surface area contributed by atoms with Crippen molar-refractivity contribution in [1.82, 2.24) is 4.90 Å². The maximum atomic E-state index is 12.5. The molecule has 3 nitrogen and oxygen atoms in total. The third kappa shape index (κ3) is 4.79. The first-order chi connectivity index (χ1) is 12.6. The van der Waals surface area contributed by atoms with E-state index in [0.717, 1.165) is 50.1 Å². The van der Waals surface area contributed by atoms with Crippen LogP contribution in [0.25, 0.3) is 0 Å². The minimum Gasteiger partial charge on any atom is -0.326 e. The Morgan fingerprint density at radius 1 is 1.08 bits per heavy atom. The fraction of sp³-hybridized carbons (Fsp3) is 0.381. The standard InChI is InChI=1S/C21H24Cl2N2O/c1-2-15-6-8-17(9-7-15)24-21(26)16-10-12-25(13-11-16)14-18-19(22)4-3-5-20(18)23/h3-9,16H,2,10-14H2,1H3,(H,24,26). The molecule has 2 aromatic carbocycles. The maximum absolute atomic E-state index is 12.5. The van der Waals surface area contributed by atoms with E-state index in [2.05, 4.69) is 29.3 Å². The van der Waals surface area contributed by atoms with Gasteiger partial charge in [0, 0.05) is 33.8 Å². The molecule has 1 heterocycles. The zero-order valence-electron chi connectivity index (χ0n) is 15.0. The van der Waals surface area contributed by atoms with Crippen LogP contribution in [0.3, 0.4) is 0 Å². The molecule has 1 fully saturated rings. The van der Waals surface area contributed by atoms with E-state index in [1.807, 2.05) is 30.3 Å². The highest BCUT2D eigenvalue weighted by atomic mass is 35.5. The molecule has 0 aromatic heterocycles. The van der Waals surface area contributed by atoms with Crippen molar-refractivity contribution in [2.24, 2.45) is 5.92 Å². The lowest BCUT2D eigenvalue weighted by Gasteiger charge is -2.31. The lowest BCUT2D eigenvalue weighted by Crippen LogP contribution is -2.37. The Labute approximate surface area is 165 Å². The molecule has 0 unspecified atom stereocenters. The Morgan fingerprint density at radius 3 is 2.27 bits per heavy atom. The van der Waals surface area contributed by atoms with Gasteiger partial charge >= 0.3 is 0 Å². The van der Waals surface area contributed by atoms with Gasteiger partial charge in [0.25, 0.3) is 0 Å². The number of carbonyl (C=O) groups excluding carboxylic acids is 1. The van der Waals surface area contributed by atoms with Crippen molar-refractivity contribution >= 4 is 34.8 Å². The van der Waals surface area contributed by atoms with Crippen molar-refractivity contribution < 1.29 is 4.79 Å². The van der Waals surface area contributed by atoms with Gasteiger partial charge < -0.3 is 5.32 Å². The smallest absolute Gasteiger partial charge is 0.227 e. The number of benzene rings is 2. The Balaban J connectivity index is 1.52. The summed E-state index contributed by atoms with van der Waals surface area (Å²) in [6.45, 7) is 4.59. The second-order valence-corrected chi connectivity index (χ2v) is 7.60. The Bertz CT molecular complexity index is 733. The van der Waals surface area contributed by atoms with Gasteiger partial charge in [-0.15, -0.1) is 0 Å². The van der Waals surface area contributed by atoms with E-state index >= 15 is 0 Å². The summed E-state index contributed by atoms with van der Waals surface area (Å²) in [5, 5.41) is 4.45. The summed E-state index contributed by atoms with van der Waals surface area (Å²) in [6, 6.07) is 13.7. The zero-order valence-corrected chi connectivity index (χ0v) is 16.5. The molecule has 1 N–H and O–H groups in total. The average molecular weight is 391 g/mol. The summed E-state index contributed by atoms with van der Waals surface area (Å²) in [6.07, 6.45) is 2.70. The van der Waals surface area contributed by atoms with E-state index in [1.165, 1.54) is 5.56 Å². The number of nitrogens with one attached hydrogen (secondary N) is 1. The zero-order chi connectivity index (χ0) is 18.5. The first-order valence-corrected chi connectivity index (χ1v) is 9.87. The van der Waals surface area contributed by atoms with E-state index < -0.39 is 0 Å². The van der Waals surface area contributed by atoms with Crippen LogP contribution in [-0.2, 0) is 17.8 Å². The van der Waals surface area contributed by atoms with Crippen molar-refractivity contribution in [2.45, 2.75) is 32.7 Å². The molecule has 5 heteroatoms. The number of amides is 1. The van der Waals surface area contributed by atoms with Crippen molar-refractivity contribution in [3.8, 4) is 0 Å². The summed E-state index contributed by atoms with van der Waals surface area (Å²) >= 11 is 12.5. The molecule has 0 radical (unpaired) electrons. The molecular weight excluding hydrogens is 367 g/mol. The number of carbonyl (C=O) groups is 1. The van der Waals surface area contributed by atoms with Crippen LogP contribution in [0.4, 0.5) is 5.69 Å². The number of rotatable bonds is 5. The van der Waals surface area contributed by atoms with Crippen molar-refractivity contribution in [2.75, 3.05) is 18.4 Å². The number of likely N-dealkylation sites (tertiary alicyclic amines) is 1. The van der Waals surface area contributed by atoms with Crippen LogP contribution in [0, 0.1) is 5.92 Å². The molecule has 1 saturated heterocycles. The van der Waals surface area contributed by atoms with Crippen LogP contribution in [0.2, 0.25) is 10.0 Å². The Hall–Kier alpha value is -1.55. The second-order valence-electron chi connectivity index (χ2n) is 6.79. The van der Waals surface area contributed by atoms with Gasteiger partial charge in [-0.25, -0.2) is 0 Å². The van der Waals surface area contributed by atoms with Crippen molar-refractivity contribution in [1.29, 1.82) is 0 Å². The predicted octanol–water partition coefficient (Wildman–Crippen LogP) is 5.41. The summed E-state index contributed by atoms with van der Waals surface area (Å²) in [5.74, 6) is 0.170. The highest BCUT2D eigenvalue weighted by Crippen LogP contribution is 2.28. The number of anilines is 1. The molecule has 0 saturated carbocycles. The number of hydrogen-bond acceptors (Lipinski definition) is 2. The van der Waals surface area contributed by atoms with Crippen molar-refractivity contribution in [3.63, 3.8) is 0 Å². The topological polar surface area (TPSA) is 32.3 Å². The third-order valence-electron chi connectivity index (χ3n) is 5.03. The summed E-state index contributed by atoms with van der Waals surface area (Å²) in [5.41, 5.74) is 3.11. The summed E-state index contributed by atoms with van der Waals surface area (Å²) < 4.78 is 0. The SMILES string of the molecule is CCc1ccc(NC(=O)C2CCN(Cc3c(Cl)cccc3Cl)CC2)cc1. The molecule has 1 amide bonds. The first-order valence-electron chi connectivity index (χ1n) is 9.12. The predicted molar refractivity (Wildman–Crippen MR) is 109 cm³/mol. The summed E-state index contributed by atoms with van der Waals surface area (Å²) in [4.78, 5) is 14.8. The van der Waals surface area contributed by atoms with Crippen LogP contribution < -0.4 is 5.32 Å². The fourth-order valence-electron chi connectivity index (χ4n) is 3.33. The molecule has 0 bridgehead atoms. The molecule has 3 rings (SSSR count). The number of piperidine rings is 1. The Kier molecular flexibility index (Phi) is 6.58. The molecule has 138 valence electrons. The second kappa shape index (κ2) is 8.90. The number of halogens is 2. The molecule has 26 heavy (non-hydrogen) atoms. The molecule has 0 atom stereocenters. The quantitative estimate of drug-likeness (QED) is 0.740. The normalized spacial score (nSPS) is 15.8. The van der Waals surface area contributed by atoms with Gasteiger partial charge in [0.2, 0.25) is 5.91 Å². The van der Waals surface area contributed by atoms with Gasteiger partial charge in [0.05, 0.1) is 0 Å². The highest BCUT2D eigenvalue weighted by molar-refractivity contribution is 6.35. The fourth-order valence-corrected chi connectivity index (χ4v) is 3.85. The van der Waals surface area contributed by atoms with Gasteiger partial charge in [-0.3, -0.25) is 9.69 Å². The maximum Gasteiger partial charge on any atom is 0.227 e. The van der Waals surface area contributed by atoms with Crippen LogP contribution in [0.15, 0.2) is 42.5 Å². The van der Waals surface area contributed by atoms with E-state index in [9.17, 15) is 4.79 Å². The molecule has 1 aliphatic rings. The van der Waals surface area contributed by atoms with Crippen molar-refractivity contribution in [3.05, 3.63) is 63.6 Å². The minimum atomic E-state index is 0.0545. The van der Waals surface area contributed by atoms with Gasteiger partial charge in [0.1, 0.15) is 0 Å². The van der Waals surface area contributed by atoms with Crippen LogP contribution >= 0.6 is 23.2 Å². The lowest BCUT2D eigenvalue weighted by molar-refractivity contribution is -0.121. The van der Waals surface area contributed by atoms with Crippen LogP contribution in [0.5, 0.6) is 0 Å². The van der Waals surface area contributed by atoms with Gasteiger partial charge in [-0.2, -0.15) is 0 Å². The largest absolute Gasteiger partial charge is 0.326 e. The number of nitrogens with zero attached hydrogens (tertiary/aromatic N) is 1. The first kappa shape index (κ1) is 19.2. The van der Waals surface area contributed by atoms with Gasteiger partial charge in [0.15, 0.2) is 0 Å². The minimum absolute atomic E-state index is 0.0545. The molecule has 2 aromatic rings. The lowest BCUT2D eigenvalue weighted by atomic mass is 9.95. The van der Waals surface area contributed by atoms with Crippen LogP contribution in [-0.4, -0.2) is 23.9 Å². The van der Waals surface area contributed by atoms with E-state index in [1.54, 1.807) is 0 Å². The highest BCUT2D eigenvalue weighted by Gasteiger charge is 2.25. The molecular formula is C21H24Cl2N2O. The number of aryl methyl sites for hydroxylation is 1. The van der Waals surface area contributed by atoms with E-state index in [0.29, 0.717) is 10.0 Å². The van der Waals surface area contributed by atoms with Gasteiger partial charge in [-0.1, -0.05) is 48.3 Å². The molecule has 0 aliphatic carbocycles. The van der Waals surface area contributed by atoms with E-state index in [4.69, 9.17) is 23.2 Å². The monoisotopic (exact) mass is 390 g/mol. The summed E-state index contributed by atoms with van der Waals surface area (Å²) in [7, 11) is 0. The van der Waals surface area contributed by atoms with Crippen LogP contribution in [0.1, 0.15) is 30.9 Å². The average Bonchev–Trinajstić information content (AvgIpc) is 2.66.